The highest BCUT2D eigenvalue weighted by molar-refractivity contribution is 5.75. The van der Waals surface area contributed by atoms with Crippen LogP contribution in [0.5, 0.6) is 0 Å². The fourth-order valence-electron chi connectivity index (χ4n) is 0.581. The molecule has 14 heavy (non-hydrogen) atoms. The van der Waals surface area contributed by atoms with Crippen molar-refractivity contribution in [3.63, 3.8) is 0 Å². The van der Waals surface area contributed by atoms with E-state index < -0.39 is 11.4 Å². The van der Waals surface area contributed by atoms with Gasteiger partial charge in [-0.1, -0.05) is 0 Å². The third kappa shape index (κ3) is 6.42. The summed E-state index contributed by atoms with van der Waals surface area (Å²) in [5.41, 5.74) is 1.89. The monoisotopic (exact) mass is 203 g/mol. The van der Waals surface area contributed by atoms with Gasteiger partial charge in [-0.2, -0.15) is 5.48 Å². The molecule has 0 unspecified atom stereocenters. The number of hydrogen-bond donors (Lipinski definition) is 2. The van der Waals surface area contributed by atoms with Crippen molar-refractivity contribution in [2.45, 2.75) is 33.6 Å². The van der Waals surface area contributed by atoms with Crippen molar-refractivity contribution in [3.05, 3.63) is 0 Å². The lowest BCUT2D eigenvalue weighted by Crippen LogP contribution is -2.30. The fraction of sp³-hybridized carbons (Fsp3) is 0.778. The molecule has 0 radical (unpaired) electrons. The first kappa shape index (κ1) is 12.9. The maximum atomic E-state index is 11.2. The number of hydroxylamine groups is 1. The van der Waals surface area contributed by atoms with Gasteiger partial charge in [-0.3, -0.25) is 4.79 Å². The Labute approximate surface area is 83.4 Å². The Kier molecular flexibility index (Phi) is 5.15. The van der Waals surface area contributed by atoms with Crippen LogP contribution in [0.25, 0.3) is 0 Å². The van der Waals surface area contributed by atoms with Crippen LogP contribution < -0.4 is 5.48 Å². The van der Waals surface area contributed by atoms with Crippen LogP contribution in [0.3, 0.4) is 0 Å². The zero-order valence-corrected chi connectivity index (χ0v) is 8.79. The van der Waals surface area contributed by atoms with Crippen LogP contribution in [-0.2, 0) is 14.4 Å². The van der Waals surface area contributed by atoms with Gasteiger partial charge in [0.1, 0.15) is 0 Å². The van der Waals surface area contributed by atoms with Crippen LogP contribution in [0.15, 0.2) is 0 Å². The molecular formula is C9H17NO4. The van der Waals surface area contributed by atoms with Crippen molar-refractivity contribution in [3.8, 4) is 0 Å². The normalized spacial score (nSPS) is 11.1. The zero-order chi connectivity index (χ0) is 11.2. The molecule has 0 aromatic rings. The van der Waals surface area contributed by atoms with Crippen LogP contribution >= 0.6 is 0 Å². The quantitative estimate of drug-likeness (QED) is 0.514. The van der Waals surface area contributed by atoms with Crippen LogP contribution in [0, 0.1) is 5.41 Å². The molecule has 5 heteroatoms. The van der Waals surface area contributed by atoms with Gasteiger partial charge in [0.05, 0.1) is 5.41 Å². The molecule has 0 rings (SSSR count). The minimum atomic E-state index is -0.853. The minimum Gasteiger partial charge on any atom is -0.481 e. The lowest BCUT2D eigenvalue weighted by molar-refractivity contribution is -0.160. The van der Waals surface area contributed by atoms with Crippen molar-refractivity contribution in [1.29, 1.82) is 0 Å². The number of hydrogen-bond acceptors (Lipinski definition) is 4. The summed E-state index contributed by atoms with van der Waals surface area (Å²) in [5, 5.41) is 8.32. The summed E-state index contributed by atoms with van der Waals surface area (Å²) in [5.74, 6) is -1.21. The SMILES string of the molecule is CC(C)(C)C(=O)ONCCCC(=O)O. The number of carbonyl (C=O) groups is 2. The lowest BCUT2D eigenvalue weighted by atomic mass is 9.98. The van der Waals surface area contributed by atoms with Gasteiger partial charge >= 0.3 is 11.9 Å². The van der Waals surface area contributed by atoms with E-state index in [0.717, 1.165) is 0 Å². The molecule has 0 fully saturated rings. The van der Waals surface area contributed by atoms with Crippen molar-refractivity contribution in [1.82, 2.24) is 5.48 Å². The second-order valence-electron chi connectivity index (χ2n) is 4.03. The molecule has 5 nitrogen and oxygen atoms in total. The van der Waals surface area contributed by atoms with Gasteiger partial charge in [0, 0.05) is 13.0 Å². The first-order valence-corrected chi connectivity index (χ1v) is 4.50. The Morgan fingerprint density at radius 3 is 2.36 bits per heavy atom. The summed E-state index contributed by atoms with van der Waals surface area (Å²) in [6, 6.07) is 0. The number of nitrogens with one attached hydrogen (secondary N) is 1. The molecule has 0 bridgehead atoms. The number of aliphatic carboxylic acids is 1. The smallest absolute Gasteiger partial charge is 0.329 e. The molecule has 0 aliphatic carbocycles. The molecule has 0 amide bonds. The van der Waals surface area contributed by atoms with Gasteiger partial charge in [-0.25, -0.2) is 4.79 Å². The van der Waals surface area contributed by atoms with E-state index in [1.807, 2.05) is 0 Å². The highest BCUT2D eigenvalue weighted by atomic mass is 16.7. The first-order valence-electron chi connectivity index (χ1n) is 4.50. The molecular weight excluding hydrogens is 186 g/mol. The molecule has 0 spiro atoms. The van der Waals surface area contributed by atoms with E-state index in [4.69, 9.17) is 9.94 Å². The summed E-state index contributed by atoms with van der Waals surface area (Å²) in [6.45, 7) is 5.59. The highest BCUT2D eigenvalue weighted by Gasteiger charge is 2.23. The average molecular weight is 203 g/mol. The maximum absolute atomic E-state index is 11.2. The van der Waals surface area contributed by atoms with Gasteiger partial charge < -0.3 is 9.94 Å². The van der Waals surface area contributed by atoms with Gasteiger partial charge in [0.25, 0.3) is 0 Å². The summed E-state index contributed by atoms with van der Waals surface area (Å²) in [4.78, 5) is 26.0. The third-order valence-electron chi connectivity index (χ3n) is 1.45. The Morgan fingerprint density at radius 1 is 1.36 bits per heavy atom. The van der Waals surface area contributed by atoms with Gasteiger partial charge in [-0.05, 0) is 27.2 Å². The van der Waals surface area contributed by atoms with Crippen LogP contribution in [0.1, 0.15) is 33.6 Å². The standard InChI is InChI=1S/C9H17NO4/c1-9(2,3)8(13)14-10-6-4-5-7(11)12/h10H,4-6H2,1-3H3,(H,11,12). The third-order valence-corrected chi connectivity index (χ3v) is 1.45. The number of carboxylic acids is 1. The Morgan fingerprint density at radius 2 is 1.93 bits per heavy atom. The summed E-state index contributed by atoms with van der Waals surface area (Å²) < 4.78 is 0. The minimum absolute atomic E-state index is 0.0695. The van der Waals surface area contributed by atoms with Crippen LogP contribution in [-0.4, -0.2) is 23.6 Å². The van der Waals surface area contributed by atoms with Crippen molar-refractivity contribution >= 4 is 11.9 Å². The van der Waals surface area contributed by atoms with Crippen LogP contribution in [0.4, 0.5) is 0 Å². The molecule has 0 aliphatic heterocycles. The summed E-state index contributed by atoms with van der Waals surface area (Å²) >= 11 is 0. The second-order valence-corrected chi connectivity index (χ2v) is 4.03. The van der Waals surface area contributed by atoms with Crippen molar-refractivity contribution in [2.75, 3.05) is 6.54 Å². The molecule has 0 saturated heterocycles. The Bertz CT molecular complexity index is 207. The summed E-state index contributed by atoms with van der Waals surface area (Å²) in [7, 11) is 0. The van der Waals surface area contributed by atoms with Crippen LogP contribution in [0.2, 0.25) is 0 Å². The molecule has 82 valence electrons. The van der Waals surface area contributed by atoms with E-state index in [1.165, 1.54) is 0 Å². The Hall–Kier alpha value is -1.10. The lowest BCUT2D eigenvalue weighted by Gasteiger charge is -2.15. The van der Waals surface area contributed by atoms with Gasteiger partial charge in [0.2, 0.25) is 0 Å². The molecule has 0 aromatic heterocycles. The predicted molar refractivity (Wildman–Crippen MR) is 50.4 cm³/mol. The molecule has 2 N–H and O–H groups in total. The van der Waals surface area contributed by atoms with E-state index in [2.05, 4.69) is 5.48 Å². The fourth-order valence-corrected chi connectivity index (χ4v) is 0.581. The summed E-state index contributed by atoms with van der Waals surface area (Å²) in [6.07, 6.45) is 0.507. The molecule has 0 aliphatic rings. The van der Waals surface area contributed by atoms with E-state index >= 15 is 0 Å². The van der Waals surface area contributed by atoms with Crippen molar-refractivity contribution in [2.24, 2.45) is 5.41 Å². The topological polar surface area (TPSA) is 75.6 Å². The van der Waals surface area contributed by atoms with Gasteiger partial charge in [-0.15, -0.1) is 0 Å². The van der Waals surface area contributed by atoms with E-state index in [0.29, 0.717) is 13.0 Å². The largest absolute Gasteiger partial charge is 0.481 e. The van der Waals surface area contributed by atoms with Gasteiger partial charge in [0.15, 0.2) is 0 Å². The number of rotatable bonds is 5. The van der Waals surface area contributed by atoms with E-state index in [-0.39, 0.29) is 12.4 Å². The second kappa shape index (κ2) is 5.59. The highest BCUT2D eigenvalue weighted by Crippen LogP contribution is 2.13. The molecule has 0 saturated carbocycles. The average Bonchev–Trinajstić information content (AvgIpc) is 2.01. The van der Waals surface area contributed by atoms with E-state index in [1.54, 1.807) is 20.8 Å². The molecule has 0 aromatic carbocycles. The zero-order valence-electron chi connectivity index (χ0n) is 8.79. The molecule has 0 heterocycles. The molecule has 0 atom stereocenters. The van der Waals surface area contributed by atoms with E-state index in [9.17, 15) is 9.59 Å². The predicted octanol–water partition coefficient (Wildman–Crippen LogP) is 0.945. The first-order chi connectivity index (χ1) is 6.34. The van der Waals surface area contributed by atoms with Crippen molar-refractivity contribution < 1.29 is 19.5 Å². The number of carboxylic acid groups (broad SMARTS) is 1. The number of carbonyl (C=O) groups excluding carboxylic acids is 1. The Balaban J connectivity index is 3.46. The maximum Gasteiger partial charge on any atom is 0.329 e.